The van der Waals surface area contributed by atoms with Gasteiger partial charge in [-0.25, -0.2) is 4.57 Å². The van der Waals surface area contributed by atoms with Gasteiger partial charge >= 0.3 is 13.8 Å². The van der Waals surface area contributed by atoms with Gasteiger partial charge in [0.15, 0.2) is 0 Å². The maximum Gasteiger partial charge on any atom is 0.472 e. The van der Waals surface area contributed by atoms with Crippen molar-refractivity contribution in [3.05, 3.63) is 97.2 Å². The van der Waals surface area contributed by atoms with Crippen LogP contribution in [-0.2, 0) is 27.9 Å². The molecule has 0 spiro atoms. The monoisotopic (exact) mass is 1120 g/mol. The van der Waals surface area contributed by atoms with Crippen LogP contribution in [0, 0.1) is 0 Å². The number of carbonyl (C=O) groups is 2. The zero-order valence-electron chi connectivity index (χ0n) is 52.1. The molecule has 0 aromatic rings. The van der Waals surface area contributed by atoms with Crippen LogP contribution in [0.2, 0.25) is 0 Å². The second kappa shape index (κ2) is 58.1. The number of hydrogen-bond acceptors (Lipinski definition) is 6. The number of nitrogens with zero attached hydrogens (tertiary/aromatic N) is 1. The van der Waals surface area contributed by atoms with Gasteiger partial charge in [0.2, 0.25) is 5.91 Å². The van der Waals surface area contributed by atoms with Gasteiger partial charge in [0.25, 0.3) is 0 Å². The molecule has 0 fully saturated rings. The van der Waals surface area contributed by atoms with Gasteiger partial charge in [0, 0.05) is 12.8 Å². The molecule has 0 saturated heterocycles. The van der Waals surface area contributed by atoms with Crippen molar-refractivity contribution in [1.29, 1.82) is 0 Å². The number of quaternary nitrogens is 1. The lowest BCUT2D eigenvalue weighted by atomic mass is 10.0. The Morgan fingerprint density at radius 1 is 0.456 bits per heavy atom. The quantitative estimate of drug-likeness (QED) is 0.0205. The topological polar surface area (TPSA) is 111 Å². The molecule has 0 saturated carbocycles. The fraction of sp³-hybridized carbons (Fsp3) is 0.739. The van der Waals surface area contributed by atoms with E-state index in [1.54, 1.807) is 0 Å². The molecule has 3 atom stereocenters. The van der Waals surface area contributed by atoms with Crippen LogP contribution in [0.5, 0.6) is 0 Å². The highest BCUT2D eigenvalue weighted by Gasteiger charge is 2.30. The molecule has 3 unspecified atom stereocenters. The third-order valence-corrected chi connectivity index (χ3v) is 15.0. The molecule has 0 aliphatic rings. The molecule has 0 aliphatic heterocycles. The molecule has 0 rings (SSSR count). The van der Waals surface area contributed by atoms with E-state index in [0.29, 0.717) is 23.9 Å². The number of esters is 1. The third-order valence-electron chi connectivity index (χ3n) is 14.0. The summed E-state index contributed by atoms with van der Waals surface area (Å²) >= 11 is 0. The number of nitrogens with one attached hydrogen (secondary N) is 1. The van der Waals surface area contributed by atoms with Crippen LogP contribution in [0.4, 0.5) is 0 Å². The molecule has 2 N–H and O–H groups in total. The van der Waals surface area contributed by atoms with E-state index < -0.39 is 20.0 Å². The lowest BCUT2D eigenvalue weighted by molar-refractivity contribution is -0.870. The average molecular weight is 1120 g/mol. The van der Waals surface area contributed by atoms with Crippen molar-refractivity contribution in [2.75, 3.05) is 40.9 Å². The molecule has 0 bridgehead atoms. The van der Waals surface area contributed by atoms with Crippen LogP contribution in [0.3, 0.4) is 0 Å². The third kappa shape index (κ3) is 59.4. The van der Waals surface area contributed by atoms with Crippen molar-refractivity contribution in [3.8, 4) is 0 Å². The Hall–Kier alpha value is -3.07. The highest BCUT2D eigenvalue weighted by Crippen LogP contribution is 2.43. The minimum atomic E-state index is -4.46. The number of unbranched alkanes of at least 4 members (excludes halogenated alkanes) is 28. The number of allylic oxidation sites excluding steroid dienone is 15. The van der Waals surface area contributed by atoms with Gasteiger partial charge in [-0.2, -0.15) is 0 Å². The van der Waals surface area contributed by atoms with E-state index in [9.17, 15) is 19.0 Å². The SMILES string of the molecule is CC/C=C/C/C=C/C/C=C/CCCCCCC(=O)OC(/C=C\CCCCCCCCCCCC)C(COP(=O)(O)OCC[N+](C)(C)C)NC(=O)CCCCCCCCCCCCC/C=C\C/C=C\C/C=C\C/C=C\CCCCC. The number of carbonyl (C=O) groups excluding carboxylic acids is 2. The number of phosphoric acid groups is 1. The van der Waals surface area contributed by atoms with Crippen LogP contribution in [0.25, 0.3) is 0 Å². The number of rotatable bonds is 58. The van der Waals surface area contributed by atoms with Crippen molar-refractivity contribution in [3.63, 3.8) is 0 Å². The average Bonchev–Trinajstić information content (AvgIpc) is 3.41. The van der Waals surface area contributed by atoms with Crippen molar-refractivity contribution in [2.24, 2.45) is 0 Å². The van der Waals surface area contributed by atoms with Crippen molar-refractivity contribution < 1.29 is 37.3 Å². The molecule has 10 heteroatoms. The zero-order chi connectivity index (χ0) is 57.9. The van der Waals surface area contributed by atoms with Crippen LogP contribution >= 0.6 is 7.82 Å². The fourth-order valence-electron chi connectivity index (χ4n) is 9.00. The largest absolute Gasteiger partial charge is 0.472 e. The Morgan fingerprint density at radius 2 is 0.810 bits per heavy atom. The Morgan fingerprint density at radius 3 is 1.24 bits per heavy atom. The summed E-state index contributed by atoms with van der Waals surface area (Å²) in [5, 5.41) is 3.05. The summed E-state index contributed by atoms with van der Waals surface area (Å²) < 4.78 is 30.7. The Kier molecular flexibility index (Phi) is 55.9. The van der Waals surface area contributed by atoms with E-state index in [1.165, 1.54) is 135 Å². The van der Waals surface area contributed by atoms with Gasteiger partial charge in [0.1, 0.15) is 19.3 Å². The molecule has 456 valence electrons. The predicted octanol–water partition coefficient (Wildman–Crippen LogP) is 20.3. The number of amides is 1. The summed E-state index contributed by atoms with van der Waals surface area (Å²) in [4.78, 5) is 37.7. The van der Waals surface area contributed by atoms with Gasteiger partial charge in [0.05, 0.1) is 33.8 Å². The summed E-state index contributed by atoms with van der Waals surface area (Å²) in [6.07, 6.45) is 78.4. The summed E-state index contributed by atoms with van der Waals surface area (Å²) in [7, 11) is 1.47. The first-order valence-corrected chi connectivity index (χ1v) is 34.1. The zero-order valence-corrected chi connectivity index (χ0v) is 53.0. The maximum absolute atomic E-state index is 13.6. The number of ether oxygens (including phenoxy) is 1. The molecular weight excluding hydrogens is 1000 g/mol. The van der Waals surface area contributed by atoms with E-state index in [1.807, 2.05) is 33.3 Å². The minimum absolute atomic E-state index is 0.0319. The summed E-state index contributed by atoms with van der Waals surface area (Å²) in [5.74, 6) is -0.536. The molecule has 1 amide bonds. The molecule has 0 aliphatic carbocycles. The number of hydrogen-bond donors (Lipinski definition) is 2. The van der Waals surface area contributed by atoms with Gasteiger partial charge < -0.3 is 19.4 Å². The minimum Gasteiger partial charge on any atom is -0.456 e. The highest BCUT2D eigenvalue weighted by molar-refractivity contribution is 7.47. The van der Waals surface area contributed by atoms with E-state index in [0.717, 1.165) is 103 Å². The van der Waals surface area contributed by atoms with Crippen LogP contribution in [0.1, 0.15) is 278 Å². The summed E-state index contributed by atoms with van der Waals surface area (Å²) in [6, 6.07) is -0.864. The van der Waals surface area contributed by atoms with E-state index in [-0.39, 0.29) is 31.5 Å². The number of likely N-dealkylation sites (N-methyl/N-ethyl adjacent to an activating group) is 1. The predicted molar refractivity (Wildman–Crippen MR) is 341 cm³/mol. The molecule has 79 heavy (non-hydrogen) atoms. The molecule has 0 aromatic carbocycles. The fourth-order valence-corrected chi connectivity index (χ4v) is 9.73. The van der Waals surface area contributed by atoms with Crippen LogP contribution in [0.15, 0.2) is 97.2 Å². The van der Waals surface area contributed by atoms with Gasteiger partial charge in [-0.05, 0) is 109 Å². The standard InChI is InChI=1S/C69H123N2O7P/c1-7-10-13-16-19-22-25-28-30-31-32-33-34-35-36-37-38-39-40-41-42-43-46-49-52-55-58-61-68(72)70-66(65-77-79(74,75)76-64-63-71(4,5)6)67(60-57-54-51-48-45-27-24-21-18-15-12-9-3)78-69(73)62-59-56-53-50-47-44-29-26-23-20-17-14-11-8-2/h11,14,19-20,22-23,28-30,32-33,35-36,44,57,60,66-67H,7-10,12-13,15-18,21,24-27,31,34,37-43,45-56,58-59,61-65H2,1-6H3,(H-,70,72,74,75)/p+1/b14-11+,22-19-,23-20+,30-28-,33-32-,36-35-,44-29+,60-57-. The molecule has 0 aromatic heterocycles. The Labute approximate surface area is 488 Å². The van der Waals surface area contributed by atoms with E-state index >= 15 is 0 Å². The van der Waals surface area contributed by atoms with Gasteiger partial charge in [-0.3, -0.25) is 18.6 Å². The van der Waals surface area contributed by atoms with Crippen molar-refractivity contribution in [1.82, 2.24) is 5.32 Å². The lowest BCUT2D eigenvalue weighted by Gasteiger charge is -2.27. The molecule has 9 nitrogen and oxygen atoms in total. The number of phosphoric ester groups is 1. The Balaban J connectivity index is 5.10. The van der Waals surface area contributed by atoms with E-state index in [2.05, 4.69) is 111 Å². The highest BCUT2D eigenvalue weighted by atomic mass is 31.2. The second-order valence-corrected chi connectivity index (χ2v) is 24.4. The second-order valence-electron chi connectivity index (χ2n) is 22.9. The normalized spacial score (nSPS) is 14.3. The lowest BCUT2D eigenvalue weighted by Crippen LogP contribution is -2.47. The molecular formula is C69H124N2O7P+. The first-order chi connectivity index (χ1) is 38.4. The molecule has 0 radical (unpaired) electrons. The maximum atomic E-state index is 13.6. The molecule has 0 heterocycles. The Bertz CT molecular complexity index is 1670. The summed E-state index contributed by atoms with van der Waals surface area (Å²) in [6.45, 7) is 6.85. The van der Waals surface area contributed by atoms with E-state index in [4.69, 9.17) is 13.8 Å². The smallest absolute Gasteiger partial charge is 0.456 e. The van der Waals surface area contributed by atoms with Gasteiger partial charge in [-0.15, -0.1) is 0 Å². The summed E-state index contributed by atoms with van der Waals surface area (Å²) in [5.41, 5.74) is 0. The van der Waals surface area contributed by atoms with Gasteiger partial charge in [-0.1, -0.05) is 253 Å². The van der Waals surface area contributed by atoms with Crippen LogP contribution in [-0.4, -0.2) is 74.3 Å². The first-order valence-electron chi connectivity index (χ1n) is 32.6. The van der Waals surface area contributed by atoms with Crippen molar-refractivity contribution >= 4 is 19.7 Å². The van der Waals surface area contributed by atoms with Crippen molar-refractivity contribution in [2.45, 2.75) is 290 Å². The first kappa shape index (κ1) is 75.9. The van der Waals surface area contributed by atoms with Crippen LogP contribution < -0.4 is 5.32 Å².